The molecule has 0 bridgehead atoms. The van der Waals surface area contributed by atoms with E-state index in [1.807, 2.05) is 0 Å². The van der Waals surface area contributed by atoms with Crippen molar-refractivity contribution in [2.75, 3.05) is 0 Å². The zero-order chi connectivity index (χ0) is 8.15. The molecule has 0 radical (unpaired) electrons. The topological polar surface area (TPSA) is 0 Å². The molecular formula is C4H7Cl2F3Si. The SMILES string of the molecule is FC(F)C(F)CC[SiH](Cl)Cl. The van der Waals surface area contributed by atoms with E-state index >= 15 is 0 Å². The Morgan fingerprint density at radius 1 is 1.20 bits per heavy atom. The largest absolute Gasteiger partial charge is 0.269 e. The molecule has 1 atom stereocenters. The lowest BCUT2D eigenvalue weighted by Crippen LogP contribution is -2.13. The first-order chi connectivity index (χ1) is 4.54. The van der Waals surface area contributed by atoms with Crippen molar-refractivity contribution in [3.05, 3.63) is 0 Å². The molecule has 0 spiro atoms. The van der Waals surface area contributed by atoms with Gasteiger partial charge in [0.25, 0.3) is 6.43 Å². The van der Waals surface area contributed by atoms with Crippen LogP contribution in [0, 0.1) is 0 Å². The molecule has 0 N–H and O–H groups in total. The van der Waals surface area contributed by atoms with Crippen LogP contribution in [0.2, 0.25) is 6.04 Å². The number of hydrogen-bond donors (Lipinski definition) is 0. The summed E-state index contributed by atoms with van der Waals surface area (Å²) < 4.78 is 34.9. The summed E-state index contributed by atoms with van der Waals surface area (Å²) in [5.74, 6) is 0. The minimum atomic E-state index is -2.90. The summed E-state index contributed by atoms with van der Waals surface area (Å²) in [7, 11) is -1.90. The normalized spacial score (nSPS) is 14.7. The molecular weight excluding hydrogens is 204 g/mol. The van der Waals surface area contributed by atoms with Gasteiger partial charge >= 0.3 is 0 Å². The van der Waals surface area contributed by atoms with E-state index < -0.39 is 20.0 Å². The van der Waals surface area contributed by atoms with Crippen molar-refractivity contribution in [1.82, 2.24) is 0 Å². The van der Waals surface area contributed by atoms with Gasteiger partial charge in [-0.15, -0.1) is 0 Å². The van der Waals surface area contributed by atoms with E-state index in [9.17, 15) is 13.2 Å². The van der Waals surface area contributed by atoms with E-state index in [0.29, 0.717) is 0 Å². The van der Waals surface area contributed by atoms with Gasteiger partial charge < -0.3 is 0 Å². The van der Waals surface area contributed by atoms with Gasteiger partial charge in [0.1, 0.15) is 0 Å². The van der Waals surface area contributed by atoms with Crippen molar-refractivity contribution in [2.45, 2.75) is 25.1 Å². The average Bonchev–Trinajstić information content (AvgIpc) is 1.82. The number of hydrogen-bond acceptors (Lipinski definition) is 0. The van der Waals surface area contributed by atoms with Gasteiger partial charge in [0.15, 0.2) is 6.17 Å². The lowest BCUT2D eigenvalue weighted by atomic mass is 10.3. The molecule has 0 aliphatic rings. The number of alkyl halides is 3. The Kier molecular flexibility index (Phi) is 5.57. The van der Waals surface area contributed by atoms with E-state index in [-0.39, 0.29) is 12.5 Å². The fraction of sp³-hybridized carbons (Fsp3) is 1.00. The highest BCUT2D eigenvalue weighted by Crippen LogP contribution is 2.15. The summed E-state index contributed by atoms with van der Waals surface area (Å²) in [5.41, 5.74) is 0. The molecule has 62 valence electrons. The molecule has 0 aromatic carbocycles. The van der Waals surface area contributed by atoms with Crippen molar-refractivity contribution >= 4 is 29.6 Å². The predicted molar refractivity (Wildman–Crippen MR) is 39.2 cm³/mol. The quantitative estimate of drug-likeness (QED) is 0.495. The molecule has 0 heterocycles. The Bertz CT molecular complexity index is 90.6. The Morgan fingerprint density at radius 3 is 2.00 bits per heavy atom. The highest BCUT2D eigenvalue weighted by Gasteiger charge is 2.19. The van der Waals surface area contributed by atoms with Gasteiger partial charge in [-0.3, -0.25) is 0 Å². The molecule has 0 saturated carbocycles. The first kappa shape index (κ1) is 10.6. The van der Waals surface area contributed by atoms with Crippen molar-refractivity contribution in [3.63, 3.8) is 0 Å². The molecule has 0 aromatic rings. The number of rotatable bonds is 4. The predicted octanol–water partition coefficient (Wildman–Crippen LogP) is 2.68. The molecule has 0 amide bonds. The van der Waals surface area contributed by atoms with Crippen molar-refractivity contribution in [3.8, 4) is 0 Å². The van der Waals surface area contributed by atoms with Gasteiger partial charge in [0, 0.05) is 0 Å². The minimum absolute atomic E-state index is 0.203. The Balaban J connectivity index is 3.30. The Labute approximate surface area is 68.3 Å². The molecule has 0 saturated heterocycles. The van der Waals surface area contributed by atoms with E-state index in [1.54, 1.807) is 0 Å². The zero-order valence-corrected chi connectivity index (χ0v) is 7.70. The summed E-state index contributed by atoms with van der Waals surface area (Å²) in [5, 5.41) is 0. The number of halogens is 5. The highest BCUT2D eigenvalue weighted by molar-refractivity contribution is 7.33. The van der Waals surface area contributed by atoms with Gasteiger partial charge in [0.2, 0.25) is 7.42 Å². The Hall–Kier alpha value is 0.587. The van der Waals surface area contributed by atoms with Crippen LogP contribution in [0.4, 0.5) is 13.2 Å². The smallest absolute Gasteiger partial charge is 0.241 e. The second kappa shape index (κ2) is 5.27. The molecule has 0 aliphatic heterocycles. The van der Waals surface area contributed by atoms with Crippen molar-refractivity contribution in [1.29, 1.82) is 0 Å². The summed E-state index contributed by atoms with van der Waals surface area (Å²) in [6.45, 7) is 0. The molecule has 10 heavy (non-hydrogen) atoms. The minimum Gasteiger partial charge on any atom is -0.241 e. The second-order valence-electron chi connectivity index (χ2n) is 1.82. The van der Waals surface area contributed by atoms with Crippen LogP contribution >= 0.6 is 22.2 Å². The molecule has 0 fully saturated rings. The monoisotopic (exact) mass is 210 g/mol. The summed E-state index contributed by atoms with van der Waals surface area (Å²) >= 11 is 10.6. The van der Waals surface area contributed by atoms with E-state index in [0.717, 1.165) is 0 Å². The maximum absolute atomic E-state index is 12.0. The first-order valence-electron chi connectivity index (χ1n) is 2.74. The van der Waals surface area contributed by atoms with Crippen LogP contribution in [0.1, 0.15) is 6.42 Å². The Morgan fingerprint density at radius 2 is 1.70 bits per heavy atom. The molecule has 0 aromatic heterocycles. The van der Waals surface area contributed by atoms with Crippen LogP contribution in [-0.4, -0.2) is 20.0 Å². The van der Waals surface area contributed by atoms with E-state index in [1.165, 1.54) is 0 Å². The summed E-state index contributed by atoms with van der Waals surface area (Å²) in [6, 6.07) is 0.203. The van der Waals surface area contributed by atoms with Gasteiger partial charge in [-0.1, -0.05) is 0 Å². The zero-order valence-electron chi connectivity index (χ0n) is 5.04. The fourth-order valence-electron chi connectivity index (χ4n) is 0.411. The van der Waals surface area contributed by atoms with E-state index in [4.69, 9.17) is 22.2 Å². The van der Waals surface area contributed by atoms with E-state index in [2.05, 4.69) is 0 Å². The van der Waals surface area contributed by atoms with Gasteiger partial charge in [-0.05, 0) is 12.5 Å². The standard InChI is InChI=1S/C4H7Cl2F3Si/c5-10(6)2-1-3(7)4(8)9/h3-4,10H,1-2H2. The van der Waals surface area contributed by atoms with Crippen LogP contribution in [0.25, 0.3) is 0 Å². The third-order valence-corrected chi connectivity index (χ3v) is 3.01. The van der Waals surface area contributed by atoms with Crippen LogP contribution in [0.15, 0.2) is 0 Å². The molecule has 6 heteroatoms. The van der Waals surface area contributed by atoms with Crippen LogP contribution < -0.4 is 0 Å². The van der Waals surface area contributed by atoms with Crippen LogP contribution in [-0.2, 0) is 0 Å². The maximum Gasteiger partial charge on any atom is 0.269 e. The fourth-order valence-corrected chi connectivity index (χ4v) is 1.74. The third-order valence-electron chi connectivity index (χ3n) is 0.934. The molecule has 0 rings (SSSR count). The van der Waals surface area contributed by atoms with Crippen LogP contribution in [0.3, 0.4) is 0 Å². The van der Waals surface area contributed by atoms with Gasteiger partial charge in [-0.25, -0.2) is 13.2 Å². The molecule has 0 aliphatic carbocycles. The van der Waals surface area contributed by atoms with Crippen LogP contribution in [0.5, 0.6) is 0 Å². The average molecular weight is 211 g/mol. The maximum atomic E-state index is 12.0. The molecule has 1 unspecified atom stereocenters. The van der Waals surface area contributed by atoms with Gasteiger partial charge in [-0.2, -0.15) is 22.2 Å². The highest BCUT2D eigenvalue weighted by atomic mass is 35.7. The lowest BCUT2D eigenvalue weighted by Gasteiger charge is -2.04. The third kappa shape index (κ3) is 5.38. The van der Waals surface area contributed by atoms with Crippen molar-refractivity contribution < 1.29 is 13.2 Å². The second-order valence-corrected chi connectivity index (χ2v) is 7.01. The first-order valence-corrected chi connectivity index (χ1v) is 7.05. The lowest BCUT2D eigenvalue weighted by molar-refractivity contribution is 0.0482. The van der Waals surface area contributed by atoms with Gasteiger partial charge in [0.05, 0.1) is 0 Å². The summed E-state index contributed by atoms with van der Waals surface area (Å²) in [6.07, 6.45) is -5.18. The molecule has 0 nitrogen and oxygen atoms in total. The van der Waals surface area contributed by atoms with Crippen molar-refractivity contribution in [2.24, 2.45) is 0 Å². The summed E-state index contributed by atoms with van der Waals surface area (Å²) in [4.78, 5) is 0.